The van der Waals surface area contributed by atoms with E-state index in [4.69, 9.17) is 9.84 Å². The fourth-order valence-corrected chi connectivity index (χ4v) is 1.90. The van der Waals surface area contributed by atoms with Crippen molar-refractivity contribution in [1.29, 1.82) is 0 Å². The molecule has 0 saturated carbocycles. The Kier molecular flexibility index (Phi) is 5.13. The molecular weight excluding hydrogens is 286 g/mol. The van der Waals surface area contributed by atoms with Gasteiger partial charge in [-0.2, -0.15) is 5.10 Å². The molecule has 0 aliphatic carbocycles. The molecule has 2 aromatic rings. The molecule has 0 aliphatic rings. The lowest BCUT2D eigenvalue weighted by Gasteiger charge is -2.05. The lowest BCUT2D eigenvalue weighted by molar-refractivity contribution is -0.137. The van der Waals surface area contributed by atoms with E-state index in [1.54, 1.807) is 6.07 Å². The van der Waals surface area contributed by atoms with Crippen LogP contribution in [-0.4, -0.2) is 33.4 Å². The molecule has 2 rings (SSSR count). The van der Waals surface area contributed by atoms with Crippen molar-refractivity contribution in [2.75, 3.05) is 11.9 Å². The first-order chi connectivity index (χ1) is 10.6. The Balaban J connectivity index is 1.89. The Morgan fingerprint density at radius 3 is 2.64 bits per heavy atom. The van der Waals surface area contributed by atoms with Gasteiger partial charge in [0.05, 0.1) is 13.0 Å². The molecule has 1 aromatic heterocycles. The molecular formula is C15H17N3O4. The van der Waals surface area contributed by atoms with E-state index in [-0.39, 0.29) is 18.9 Å². The minimum absolute atomic E-state index is 0.207. The Hall–Kier alpha value is -2.83. The number of aliphatic carboxylic acids is 1. The molecule has 0 radical (unpaired) electrons. The number of benzene rings is 1. The van der Waals surface area contributed by atoms with Crippen molar-refractivity contribution in [1.82, 2.24) is 9.78 Å². The Morgan fingerprint density at radius 1 is 1.27 bits per heavy atom. The number of hydrogen-bond donors (Lipinski definition) is 2. The molecule has 116 valence electrons. The molecule has 0 aliphatic heterocycles. The third kappa shape index (κ3) is 4.62. The van der Waals surface area contributed by atoms with Crippen LogP contribution < -0.4 is 10.1 Å². The van der Waals surface area contributed by atoms with E-state index in [1.165, 1.54) is 10.9 Å². The third-order valence-electron chi connectivity index (χ3n) is 2.80. The topological polar surface area (TPSA) is 93.5 Å². The maximum absolute atomic E-state index is 11.9. The smallest absolute Gasteiger partial charge is 0.325 e. The summed E-state index contributed by atoms with van der Waals surface area (Å²) in [6.45, 7) is 2.26. The lowest BCUT2D eigenvalue weighted by Crippen LogP contribution is -2.15. The van der Waals surface area contributed by atoms with E-state index in [9.17, 15) is 9.59 Å². The van der Waals surface area contributed by atoms with E-state index in [1.807, 2.05) is 31.2 Å². The molecule has 1 aromatic carbocycles. The van der Waals surface area contributed by atoms with E-state index >= 15 is 0 Å². The van der Waals surface area contributed by atoms with Crippen molar-refractivity contribution >= 4 is 17.7 Å². The van der Waals surface area contributed by atoms with Gasteiger partial charge in [0.1, 0.15) is 12.3 Å². The quantitative estimate of drug-likeness (QED) is 0.809. The van der Waals surface area contributed by atoms with Crippen molar-refractivity contribution in [3.8, 4) is 5.75 Å². The van der Waals surface area contributed by atoms with Gasteiger partial charge in [0.15, 0.2) is 5.82 Å². The summed E-state index contributed by atoms with van der Waals surface area (Å²) in [5.41, 5.74) is 0.853. The van der Waals surface area contributed by atoms with E-state index < -0.39 is 5.97 Å². The molecule has 0 atom stereocenters. The second-order valence-electron chi connectivity index (χ2n) is 4.59. The van der Waals surface area contributed by atoms with Gasteiger partial charge in [-0.15, -0.1) is 0 Å². The average molecular weight is 303 g/mol. The molecule has 22 heavy (non-hydrogen) atoms. The van der Waals surface area contributed by atoms with Crippen molar-refractivity contribution < 1.29 is 19.4 Å². The lowest BCUT2D eigenvalue weighted by atomic mass is 10.1. The predicted molar refractivity (Wildman–Crippen MR) is 79.8 cm³/mol. The number of rotatable bonds is 7. The number of carboxylic acids is 1. The van der Waals surface area contributed by atoms with Gasteiger partial charge in [0.25, 0.3) is 0 Å². The summed E-state index contributed by atoms with van der Waals surface area (Å²) in [6, 6.07) is 8.83. The molecule has 7 heteroatoms. The fraction of sp³-hybridized carbons (Fsp3) is 0.267. The normalized spacial score (nSPS) is 10.2. The summed E-state index contributed by atoms with van der Waals surface area (Å²) in [5, 5.41) is 15.2. The number of nitrogens with one attached hydrogen (secondary N) is 1. The third-order valence-corrected chi connectivity index (χ3v) is 2.80. The molecule has 0 bridgehead atoms. The van der Waals surface area contributed by atoms with Crippen LogP contribution in [0.4, 0.5) is 5.82 Å². The van der Waals surface area contributed by atoms with Gasteiger partial charge in [0.2, 0.25) is 5.91 Å². The molecule has 0 fully saturated rings. The Morgan fingerprint density at radius 2 is 2.00 bits per heavy atom. The molecule has 2 N–H and O–H groups in total. The number of aromatic nitrogens is 2. The molecule has 7 nitrogen and oxygen atoms in total. The van der Waals surface area contributed by atoms with Crippen LogP contribution in [0.2, 0.25) is 0 Å². The first-order valence-corrected chi connectivity index (χ1v) is 6.83. The van der Waals surface area contributed by atoms with Crippen LogP contribution >= 0.6 is 0 Å². The van der Waals surface area contributed by atoms with Crippen LogP contribution in [0, 0.1) is 0 Å². The van der Waals surface area contributed by atoms with Gasteiger partial charge in [-0.1, -0.05) is 12.1 Å². The van der Waals surface area contributed by atoms with Crippen molar-refractivity contribution in [3.05, 3.63) is 42.1 Å². The van der Waals surface area contributed by atoms with Crippen LogP contribution in [0.1, 0.15) is 12.5 Å². The van der Waals surface area contributed by atoms with Crippen molar-refractivity contribution in [2.24, 2.45) is 0 Å². The van der Waals surface area contributed by atoms with Gasteiger partial charge in [-0.05, 0) is 24.6 Å². The van der Waals surface area contributed by atoms with Crippen molar-refractivity contribution in [2.45, 2.75) is 19.9 Å². The minimum atomic E-state index is -0.990. The highest BCUT2D eigenvalue weighted by atomic mass is 16.5. The summed E-state index contributed by atoms with van der Waals surface area (Å²) >= 11 is 0. The molecule has 1 amide bonds. The number of carbonyl (C=O) groups excluding carboxylic acids is 1. The summed E-state index contributed by atoms with van der Waals surface area (Å²) < 4.78 is 6.58. The number of nitrogens with zero attached hydrogens (tertiary/aromatic N) is 2. The first-order valence-electron chi connectivity index (χ1n) is 6.83. The molecule has 0 saturated heterocycles. The zero-order valence-electron chi connectivity index (χ0n) is 12.2. The Bertz CT molecular complexity index is 649. The number of amides is 1. The maximum atomic E-state index is 11.9. The standard InChI is InChI=1S/C15H17N3O4/c1-2-22-12-5-3-11(4-6-12)9-14(19)16-13-7-8-18(17-13)10-15(20)21/h3-8H,2,9-10H2,1H3,(H,20,21)(H,16,17,19). The van der Waals surface area contributed by atoms with Gasteiger partial charge in [-0.3, -0.25) is 14.3 Å². The zero-order valence-corrected chi connectivity index (χ0v) is 12.2. The minimum Gasteiger partial charge on any atom is -0.494 e. The number of hydrogen-bond acceptors (Lipinski definition) is 4. The van der Waals surface area contributed by atoms with Crippen molar-refractivity contribution in [3.63, 3.8) is 0 Å². The van der Waals surface area contributed by atoms with Gasteiger partial charge < -0.3 is 15.2 Å². The van der Waals surface area contributed by atoms with Crippen LogP contribution in [0.15, 0.2) is 36.5 Å². The average Bonchev–Trinajstić information content (AvgIpc) is 2.87. The molecule has 0 unspecified atom stereocenters. The van der Waals surface area contributed by atoms with E-state index in [2.05, 4.69) is 10.4 Å². The summed E-state index contributed by atoms with van der Waals surface area (Å²) in [7, 11) is 0. The van der Waals surface area contributed by atoms with Gasteiger partial charge >= 0.3 is 5.97 Å². The maximum Gasteiger partial charge on any atom is 0.325 e. The summed E-state index contributed by atoms with van der Waals surface area (Å²) in [6.07, 6.45) is 1.71. The highest BCUT2D eigenvalue weighted by Gasteiger charge is 2.08. The predicted octanol–water partition coefficient (Wildman–Crippen LogP) is 1.55. The summed E-state index contributed by atoms with van der Waals surface area (Å²) in [5.74, 6) is -0.114. The van der Waals surface area contributed by atoms with Crippen LogP contribution in [0.25, 0.3) is 0 Å². The van der Waals surface area contributed by atoms with Gasteiger partial charge in [0, 0.05) is 12.3 Å². The second kappa shape index (κ2) is 7.26. The monoisotopic (exact) mass is 303 g/mol. The molecule has 0 spiro atoms. The summed E-state index contributed by atoms with van der Waals surface area (Å²) in [4.78, 5) is 22.5. The number of carboxylic acid groups (broad SMARTS) is 1. The molecule has 1 heterocycles. The SMILES string of the molecule is CCOc1ccc(CC(=O)Nc2ccn(CC(=O)O)n2)cc1. The first kappa shape index (κ1) is 15.6. The highest BCUT2D eigenvalue weighted by molar-refractivity contribution is 5.91. The Labute approximate surface area is 127 Å². The zero-order chi connectivity index (χ0) is 15.9. The van der Waals surface area contributed by atoms with Gasteiger partial charge in [-0.25, -0.2) is 0 Å². The second-order valence-corrected chi connectivity index (χ2v) is 4.59. The largest absolute Gasteiger partial charge is 0.494 e. The highest BCUT2D eigenvalue weighted by Crippen LogP contribution is 2.13. The van der Waals surface area contributed by atoms with Crippen LogP contribution in [0.3, 0.4) is 0 Å². The van der Waals surface area contributed by atoms with E-state index in [0.29, 0.717) is 12.4 Å². The van der Waals surface area contributed by atoms with Crippen LogP contribution in [-0.2, 0) is 22.6 Å². The van der Waals surface area contributed by atoms with Crippen LogP contribution in [0.5, 0.6) is 5.75 Å². The van der Waals surface area contributed by atoms with E-state index in [0.717, 1.165) is 11.3 Å². The number of ether oxygens (including phenoxy) is 1. The fourth-order valence-electron chi connectivity index (χ4n) is 1.90. The number of carbonyl (C=O) groups is 2. The number of anilines is 1.